The first-order valence-corrected chi connectivity index (χ1v) is 14.0. The lowest BCUT2D eigenvalue weighted by Crippen LogP contribution is -2.50. The highest BCUT2D eigenvalue weighted by Crippen LogP contribution is 2.34. The molecule has 6 nitrogen and oxygen atoms in total. The van der Waals surface area contributed by atoms with Crippen LogP contribution in [0.4, 0.5) is 0 Å². The number of halogens is 1. The number of ether oxygens (including phenoxy) is 2. The van der Waals surface area contributed by atoms with E-state index in [0.717, 1.165) is 62.9 Å². The second-order valence-electron chi connectivity index (χ2n) is 9.75. The summed E-state index contributed by atoms with van der Waals surface area (Å²) in [7, 11) is 0. The summed E-state index contributed by atoms with van der Waals surface area (Å²) in [5, 5.41) is 2.74. The number of thiophene rings is 1. The Labute approximate surface area is 216 Å². The number of nitrogens with zero attached hydrogens (tertiary/aromatic N) is 2. The molecule has 3 heterocycles. The van der Waals surface area contributed by atoms with Gasteiger partial charge >= 0.3 is 0 Å². The number of hydrogen-bond donors (Lipinski definition) is 0. The van der Waals surface area contributed by atoms with Crippen molar-refractivity contribution in [2.24, 2.45) is 5.92 Å². The number of fused-ring (bicyclic) bond motifs is 1. The van der Waals surface area contributed by atoms with E-state index in [0.29, 0.717) is 24.7 Å². The molecule has 2 atom stereocenters. The maximum Gasteiger partial charge on any atom is 0.242 e. The lowest BCUT2D eigenvalue weighted by Gasteiger charge is -2.37. The molecule has 2 aromatic rings. The van der Waals surface area contributed by atoms with E-state index in [2.05, 4.69) is 11.4 Å². The van der Waals surface area contributed by atoms with E-state index in [1.54, 1.807) is 28.4 Å². The van der Waals surface area contributed by atoms with Gasteiger partial charge in [-0.25, -0.2) is 0 Å². The molecule has 188 valence electrons. The van der Waals surface area contributed by atoms with Crippen molar-refractivity contribution in [3.8, 4) is 5.75 Å². The summed E-state index contributed by atoms with van der Waals surface area (Å²) in [5.41, 5.74) is 1.15. The zero-order valence-corrected chi connectivity index (χ0v) is 21.6. The summed E-state index contributed by atoms with van der Waals surface area (Å²) in [6, 6.07) is 9.20. The molecule has 3 aliphatic rings. The molecule has 0 N–H and O–H groups in total. The second kappa shape index (κ2) is 11.3. The van der Waals surface area contributed by atoms with Gasteiger partial charge in [0.2, 0.25) is 11.8 Å². The van der Waals surface area contributed by atoms with Crippen molar-refractivity contribution in [2.45, 2.75) is 57.1 Å². The average molecular weight is 517 g/mol. The van der Waals surface area contributed by atoms with E-state index >= 15 is 0 Å². The predicted octanol–water partition coefficient (Wildman–Crippen LogP) is 5.10. The Hall–Kier alpha value is -2.09. The van der Waals surface area contributed by atoms with Gasteiger partial charge in [-0.05, 0) is 73.4 Å². The van der Waals surface area contributed by atoms with Crippen LogP contribution in [-0.2, 0) is 20.7 Å². The van der Waals surface area contributed by atoms with Crippen molar-refractivity contribution in [2.75, 3.05) is 32.8 Å². The Bertz CT molecular complexity index is 1010. The van der Waals surface area contributed by atoms with Crippen molar-refractivity contribution in [1.82, 2.24) is 9.80 Å². The zero-order chi connectivity index (χ0) is 24.2. The van der Waals surface area contributed by atoms with E-state index in [4.69, 9.17) is 21.1 Å². The first-order valence-electron chi connectivity index (χ1n) is 12.7. The molecule has 2 fully saturated rings. The number of carbonyl (C=O) groups excluding carboxylic acids is 2. The number of amides is 2. The molecule has 1 aromatic heterocycles. The highest BCUT2D eigenvalue weighted by atomic mass is 35.5. The highest BCUT2D eigenvalue weighted by Gasteiger charge is 2.36. The molecule has 1 saturated heterocycles. The van der Waals surface area contributed by atoms with E-state index in [9.17, 15) is 9.59 Å². The molecule has 2 amide bonds. The normalized spacial score (nSPS) is 22.3. The Kier molecular flexibility index (Phi) is 7.95. The minimum absolute atomic E-state index is 0.0177. The fraction of sp³-hybridized carbons (Fsp3) is 0.556. The Morgan fingerprint density at radius 1 is 1.11 bits per heavy atom. The fourth-order valence-corrected chi connectivity index (χ4v) is 6.59. The van der Waals surface area contributed by atoms with Crippen molar-refractivity contribution in [3.05, 3.63) is 51.2 Å². The van der Waals surface area contributed by atoms with Crippen molar-refractivity contribution >= 4 is 34.8 Å². The third-order valence-electron chi connectivity index (χ3n) is 7.43. The van der Waals surface area contributed by atoms with Crippen molar-refractivity contribution < 1.29 is 19.1 Å². The smallest absolute Gasteiger partial charge is 0.242 e. The quantitative estimate of drug-likeness (QED) is 0.489. The summed E-state index contributed by atoms with van der Waals surface area (Å²) >= 11 is 7.74. The van der Waals surface area contributed by atoms with Crippen LogP contribution in [-0.4, -0.2) is 60.6 Å². The maximum absolute atomic E-state index is 13.7. The minimum Gasteiger partial charge on any atom is -0.491 e. The van der Waals surface area contributed by atoms with Gasteiger partial charge in [0.05, 0.1) is 18.7 Å². The standard InChI is InChI=1S/C27H33ClN2O4S/c28-20-7-9-21(10-8-20)34-18-24-23-12-15-35-25(23)11-13-30(24)26(31)17-29(16-22-6-3-14-33-22)27(32)19-4-1-2-5-19/h7-10,12,15,19,22,24H,1-6,11,13-14,16-18H2. The van der Waals surface area contributed by atoms with Crippen LogP contribution in [0.1, 0.15) is 55.0 Å². The average Bonchev–Trinajstić information content (AvgIpc) is 3.65. The monoisotopic (exact) mass is 516 g/mol. The van der Waals surface area contributed by atoms with E-state index in [1.165, 1.54) is 4.88 Å². The highest BCUT2D eigenvalue weighted by molar-refractivity contribution is 7.10. The molecule has 1 aliphatic carbocycles. The second-order valence-corrected chi connectivity index (χ2v) is 11.2. The molecule has 1 aromatic carbocycles. The number of benzene rings is 1. The topological polar surface area (TPSA) is 59.1 Å². The summed E-state index contributed by atoms with van der Waals surface area (Å²) in [6.45, 7) is 2.34. The zero-order valence-electron chi connectivity index (χ0n) is 20.0. The molecular weight excluding hydrogens is 484 g/mol. The van der Waals surface area contributed by atoms with Gasteiger partial charge in [-0.3, -0.25) is 9.59 Å². The van der Waals surface area contributed by atoms with Crippen LogP contribution >= 0.6 is 22.9 Å². The first kappa shape index (κ1) is 24.6. The summed E-state index contributed by atoms with van der Waals surface area (Å²) in [5.74, 6) is 0.864. The number of hydrogen-bond acceptors (Lipinski definition) is 5. The van der Waals surface area contributed by atoms with Gasteiger partial charge in [0.1, 0.15) is 12.4 Å². The predicted molar refractivity (Wildman–Crippen MR) is 137 cm³/mol. The van der Waals surface area contributed by atoms with Crippen molar-refractivity contribution in [1.29, 1.82) is 0 Å². The van der Waals surface area contributed by atoms with E-state index in [-0.39, 0.29) is 36.4 Å². The first-order chi connectivity index (χ1) is 17.1. The van der Waals surface area contributed by atoms with Crippen molar-refractivity contribution in [3.63, 3.8) is 0 Å². The SMILES string of the molecule is O=C(C1CCCC1)N(CC(=O)N1CCc2sccc2C1COc1ccc(Cl)cc1)CC1CCCO1. The summed E-state index contributed by atoms with van der Waals surface area (Å²) in [4.78, 5) is 32.1. The van der Waals surface area contributed by atoms with Gasteiger partial charge in [0.15, 0.2) is 0 Å². The molecule has 0 radical (unpaired) electrons. The summed E-state index contributed by atoms with van der Waals surface area (Å²) < 4.78 is 11.9. The third-order valence-corrected chi connectivity index (χ3v) is 8.68. The summed E-state index contributed by atoms with van der Waals surface area (Å²) in [6.07, 6.45) is 6.86. The van der Waals surface area contributed by atoms with Gasteiger partial charge in [0.25, 0.3) is 0 Å². The number of rotatable bonds is 8. The van der Waals surface area contributed by atoms with Crippen LogP contribution in [0.5, 0.6) is 5.75 Å². The number of carbonyl (C=O) groups is 2. The van der Waals surface area contributed by atoms with Crippen LogP contribution in [0.3, 0.4) is 0 Å². The lowest BCUT2D eigenvalue weighted by molar-refractivity contribution is -0.146. The Balaban J connectivity index is 1.31. The largest absolute Gasteiger partial charge is 0.491 e. The molecular formula is C27H33ClN2O4S. The van der Waals surface area contributed by atoms with Gasteiger partial charge in [-0.15, -0.1) is 11.3 Å². The molecule has 8 heteroatoms. The fourth-order valence-electron chi connectivity index (χ4n) is 5.53. The van der Waals surface area contributed by atoms with Crippen LogP contribution < -0.4 is 4.74 Å². The molecule has 0 bridgehead atoms. The molecule has 5 rings (SSSR count). The van der Waals surface area contributed by atoms with Crippen LogP contribution in [0.15, 0.2) is 35.7 Å². The molecule has 2 aliphatic heterocycles. The van der Waals surface area contributed by atoms with E-state index in [1.807, 2.05) is 17.0 Å². The molecule has 0 spiro atoms. The van der Waals surface area contributed by atoms with Gasteiger partial charge < -0.3 is 19.3 Å². The van der Waals surface area contributed by atoms with Crippen LogP contribution in [0.2, 0.25) is 5.02 Å². The van der Waals surface area contributed by atoms with Crippen LogP contribution in [0.25, 0.3) is 0 Å². The van der Waals surface area contributed by atoms with E-state index < -0.39 is 0 Å². The van der Waals surface area contributed by atoms with Gasteiger partial charge in [0, 0.05) is 35.5 Å². The minimum atomic E-state index is -0.181. The molecule has 2 unspecified atom stereocenters. The Morgan fingerprint density at radius 3 is 2.66 bits per heavy atom. The third kappa shape index (κ3) is 5.84. The van der Waals surface area contributed by atoms with Crippen LogP contribution in [0, 0.1) is 5.92 Å². The lowest BCUT2D eigenvalue weighted by atomic mass is 10.00. The molecule has 1 saturated carbocycles. The van der Waals surface area contributed by atoms with Gasteiger partial charge in [-0.1, -0.05) is 24.4 Å². The Morgan fingerprint density at radius 2 is 1.91 bits per heavy atom. The maximum atomic E-state index is 13.7. The molecule has 35 heavy (non-hydrogen) atoms. The van der Waals surface area contributed by atoms with Gasteiger partial charge in [-0.2, -0.15) is 0 Å².